The lowest BCUT2D eigenvalue weighted by Gasteiger charge is -2.13. The van der Waals surface area contributed by atoms with Crippen LogP contribution in [0.25, 0.3) is 6.08 Å². The van der Waals surface area contributed by atoms with Crippen LogP contribution in [0.4, 0.5) is 24.5 Å². The Morgan fingerprint density at radius 1 is 1.26 bits per heavy atom. The van der Waals surface area contributed by atoms with Crippen molar-refractivity contribution in [3.05, 3.63) is 74.3 Å². The van der Waals surface area contributed by atoms with Crippen LogP contribution in [0.5, 0.6) is 0 Å². The van der Waals surface area contributed by atoms with Crippen LogP contribution in [0.2, 0.25) is 5.02 Å². The van der Waals surface area contributed by atoms with E-state index in [1.165, 1.54) is 12.1 Å². The smallest absolute Gasteiger partial charge is 0.321 e. The number of rotatable bonds is 4. The third-order valence-electron chi connectivity index (χ3n) is 3.34. The number of halogens is 4. The number of benzene rings is 2. The number of nitro groups is 1. The average molecular weight is 396 g/mol. The Morgan fingerprint density at radius 3 is 2.48 bits per heavy atom. The Morgan fingerprint density at radius 2 is 1.93 bits per heavy atom. The first kappa shape index (κ1) is 19.9. The molecule has 0 heterocycles. The van der Waals surface area contributed by atoms with Gasteiger partial charge in [-0.15, -0.1) is 0 Å². The highest BCUT2D eigenvalue weighted by Gasteiger charge is 2.35. The van der Waals surface area contributed by atoms with E-state index >= 15 is 0 Å². The molecule has 1 N–H and O–H groups in total. The van der Waals surface area contributed by atoms with E-state index in [0.717, 1.165) is 18.2 Å². The van der Waals surface area contributed by atoms with E-state index in [-0.39, 0.29) is 5.02 Å². The van der Waals surface area contributed by atoms with Gasteiger partial charge in [0.05, 0.1) is 16.2 Å². The molecule has 0 spiro atoms. The van der Waals surface area contributed by atoms with Crippen molar-refractivity contribution in [2.75, 3.05) is 5.32 Å². The van der Waals surface area contributed by atoms with Gasteiger partial charge in [-0.2, -0.15) is 18.4 Å². The fraction of sp³-hybridized carbons (Fsp3) is 0.0588. The topological polar surface area (TPSA) is 96.0 Å². The van der Waals surface area contributed by atoms with Crippen molar-refractivity contribution in [2.45, 2.75) is 6.18 Å². The number of nitro benzene ring substituents is 1. The van der Waals surface area contributed by atoms with Gasteiger partial charge in [0, 0.05) is 17.2 Å². The molecule has 0 aliphatic rings. The number of nitriles is 1. The van der Waals surface area contributed by atoms with E-state index in [4.69, 9.17) is 16.9 Å². The molecule has 0 aromatic heterocycles. The fourth-order valence-electron chi connectivity index (χ4n) is 2.08. The summed E-state index contributed by atoms with van der Waals surface area (Å²) in [5, 5.41) is 22.0. The lowest BCUT2D eigenvalue weighted by Crippen LogP contribution is -2.18. The lowest BCUT2D eigenvalue weighted by atomic mass is 10.1. The van der Waals surface area contributed by atoms with E-state index in [9.17, 15) is 28.1 Å². The summed E-state index contributed by atoms with van der Waals surface area (Å²) in [6, 6.07) is 9.71. The maximum atomic E-state index is 13.2. The van der Waals surface area contributed by atoms with Gasteiger partial charge in [-0.3, -0.25) is 14.9 Å². The van der Waals surface area contributed by atoms with Gasteiger partial charge < -0.3 is 5.32 Å². The van der Waals surface area contributed by atoms with E-state index in [0.29, 0.717) is 11.6 Å². The van der Waals surface area contributed by atoms with E-state index in [1.807, 2.05) is 5.32 Å². The van der Waals surface area contributed by atoms with Crippen LogP contribution in [0.1, 0.15) is 11.1 Å². The first-order valence-electron chi connectivity index (χ1n) is 7.17. The number of nitrogens with zero attached hydrogens (tertiary/aromatic N) is 2. The number of hydrogen-bond acceptors (Lipinski definition) is 4. The molecule has 0 aliphatic carbocycles. The summed E-state index contributed by atoms with van der Waals surface area (Å²) in [5.74, 6) is -1.11. The minimum absolute atomic E-state index is 0.240. The molecule has 1 amide bonds. The summed E-state index contributed by atoms with van der Waals surface area (Å²) in [5.41, 5.74) is -3.06. The van der Waals surface area contributed by atoms with Crippen LogP contribution in [-0.2, 0) is 11.0 Å². The van der Waals surface area contributed by atoms with Crippen LogP contribution < -0.4 is 5.32 Å². The van der Waals surface area contributed by atoms with Gasteiger partial charge in [-0.05, 0) is 23.8 Å². The van der Waals surface area contributed by atoms with Crippen LogP contribution in [0, 0.1) is 21.4 Å². The number of amides is 1. The zero-order valence-corrected chi connectivity index (χ0v) is 14.0. The van der Waals surface area contributed by atoms with Gasteiger partial charge in [0.15, 0.2) is 0 Å². The van der Waals surface area contributed by atoms with Gasteiger partial charge in [-0.1, -0.05) is 29.8 Å². The van der Waals surface area contributed by atoms with Gasteiger partial charge in [0.25, 0.3) is 11.6 Å². The molecule has 10 heteroatoms. The van der Waals surface area contributed by atoms with Gasteiger partial charge in [0.2, 0.25) is 0 Å². The maximum absolute atomic E-state index is 13.2. The highest BCUT2D eigenvalue weighted by atomic mass is 35.5. The second-order valence-electron chi connectivity index (χ2n) is 5.13. The Bertz CT molecular complexity index is 981. The molecule has 0 unspecified atom stereocenters. The molecule has 2 aromatic rings. The van der Waals surface area contributed by atoms with Gasteiger partial charge in [-0.25, -0.2) is 0 Å². The summed E-state index contributed by atoms with van der Waals surface area (Å²) in [4.78, 5) is 21.9. The fourth-order valence-corrected chi connectivity index (χ4v) is 2.27. The van der Waals surface area contributed by atoms with Crippen LogP contribution in [0.3, 0.4) is 0 Å². The van der Waals surface area contributed by atoms with Crippen molar-refractivity contribution in [2.24, 2.45) is 0 Å². The molecule has 0 saturated heterocycles. The molecule has 27 heavy (non-hydrogen) atoms. The predicted octanol–water partition coefficient (Wildman–Crippen LogP) is 4.81. The molecule has 6 nitrogen and oxygen atoms in total. The quantitative estimate of drug-likeness (QED) is 0.347. The summed E-state index contributed by atoms with van der Waals surface area (Å²) in [6.45, 7) is 0. The van der Waals surface area contributed by atoms with E-state index < -0.39 is 39.5 Å². The Labute approximate surface area is 155 Å². The Balaban J connectivity index is 2.41. The van der Waals surface area contributed by atoms with Gasteiger partial charge in [0.1, 0.15) is 11.6 Å². The molecule has 138 valence electrons. The summed E-state index contributed by atoms with van der Waals surface area (Å²) in [6.07, 6.45) is -3.83. The van der Waals surface area contributed by atoms with Crippen molar-refractivity contribution < 1.29 is 22.9 Å². The number of anilines is 1. The number of nitrogens with one attached hydrogen (secondary N) is 1. The Kier molecular flexibility index (Phi) is 5.82. The molecule has 0 radical (unpaired) electrons. The molecule has 0 fully saturated rings. The zero-order chi connectivity index (χ0) is 20.2. The summed E-state index contributed by atoms with van der Waals surface area (Å²) in [7, 11) is 0. The highest BCUT2D eigenvalue weighted by Crippen LogP contribution is 2.37. The number of carbonyl (C=O) groups excluding carboxylic acids is 1. The SMILES string of the molecule is N#CC(=Cc1ccccc1Cl)C(=O)Nc1ccc([N+](=O)[O-])cc1C(F)(F)F. The monoisotopic (exact) mass is 395 g/mol. The zero-order valence-electron chi connectivity index (χ0n) is 13.2. The number of hydrogen-bond donors (Lipinski definition) is 1. The van der Waals surface area contributed by atoms with Crippen molar-refractivity contribution in [3.8, 4) is 6.07 Å². The molecule has 2 rings (SSSR count). The van der Waals surface area contributed by atoms with Crippen molar-refractivity contribution >= 4 is 35.0 Å². The maximum Gasteiger partial charge on any atom is 0.418 e. The third-order valence-corrected chi connectivity index (χ3v) is 3.68. The number of alkyl halides is 3. The average Bonchev–Trinajstić information content (AvgIpc) is 2.60. The molecule has 0 atom stereocenters. The molecular weight excluding hydrogens is 387 g/mol. The van der Waals surface area contributed by atoms with E-state index in [2.05, 4.69) is 0 Å². The van der Waals surface area contributed by atoms with Gasteiger partial charge >= 0.3 is 6.18 Å². The molecular formula is C17H9ClF3N3O3. The first-order chi connectivity index (χ1) is 12.6. The standard InChI is InChI=1S/C17H9ClF3N3O3/c18-14-4-2-1-3-10(14)7-11(9-22)16(25)23-15-6-5-12(24(26)27)8-13(15)17(19,20)21/h1-8H,(H,23,25). The molecule has 0 bridgehead atoms. The molecule has 0 saturated carbocycles. The normalized spacial score (nSPS) is 11.6. The lowest BCUT2D eigenvalue weighted by molar-refractivity contribution is -0.385. The Hall–Kier alpha value is -3.38. The predicted molar refractivity (Wildman–Crippen MR) is 91.8 cm³/mol. The second kappa shape index (κ2) is 7.88. The second-order valence-corrected chi connectivity index (χ2v) is 5.54. The summed E-state index contributed by atoms with van der Waals surface area (Å²) < 4.78 is 39.5. The number of carbonyl (C=O) groups is 1. The highest BCUT2D eigenvalue weighted by molar-refractivity contribution is 6.32. The third kappa shape index (κ3) is 4.83. The van der Waals surface area contributed by atoms with Crippen molar-refractivity contribution in [1.29, 1.82) is 5.26 Å². The van der Waals surface area contributed by atoms with Crippen LogP contribution in [0.15, 0.2) is 48.0 Å². The van der Waals surface area contributed by atoms with Crippen LogP contribution >= 0.6 is 11.6 Å². The minimum atomic E-state index is -4.95. The van der Waals surface area contributed by atoms with Crippen molar-refractivity contribution in [1.82, 2.24) is 0 Å². The number of non-ortho nitro benzene ring substituents is 1. The van der Waals surface area contributed by atoms with E-state index in [1.54, 1.807) is 18.2 Å². The largest absolute Gasteiger partial charge is 0.418 e. The first-order valence-corrected chi connectivity index (χ1v) is 7.54. The molecule has 0 aliphatic heterocycles. The molecule has 2 aromatic carbocycles. The minimum Gasteiger partial charge on any atom is -0.321 e. The van der Waals surface area contributed by atoms with Crippen LogP contribution in [-0.4, -0.2) is 10.8 Å². The summed E-state index contributed by atoms with van der Waals surface area (Å²) >= 11 is 5.92. The van der Waals surface area contributed by atoms with Crippen molar-refractivity contribution in [3.63, 3.8) is 0 Å².